The quantitative estimate of drug-likeness (QED) is 0.662. The molecule has 18 heavy (non-hydrogen) atoms. The van der Waals surface area contributed by atoms with Crippen LogP contribution in [-0.4, -0.2) is 9.91 Å². The van der Waals surface area contributed by atoms with E-state index in [0.717, 1.165) is 16.9 Å². The standard InChI is InChI=1S/C13H13N3O2/c1-10-2-3-12(14-8-10)9-15-11-4-6-13(7-5-11)16(17)18/h2-8,15H,9H2,1H3. The predicted octanol–water partition coefficient (Wildman–Crippen LogP) is 2.91. The Kier molecular flexibility index (Phi) is 3.52. The zero-order chi connectivity index (χ0) is 13.0. The highest BCUT2D eigenvalue weighted by Crippen LogP contribution is 2.15. The zero-order valence-corrected chi connectivity index (χ0v) is 9.96. The molecule has 2 aromatic rings. The van der Waals surface area contributed by atoms with Gasteiger partial charge in [-0.05, 0) is 30.7 Å². The maximum Gasteiger partial charge on any atom is 0.269 e. The molecular weight excluding hydrogens is 230 g/mol. The molecule has 0 saturated carbocycles. The summed E-state index contributed by atoms with van der Waals surface area (Å²) in [7, 11) is 0. The Labute approximate surface area is 105 Å². The highest BCUT2D eigenvalue weighted by Gasteiger charge is 2.03. The van der Waals surface area contributed by atoms with E-state index < -0.39 is 4.92 Å². The van der Waals surface area contributed by atoms with Crippen LogP contribution in [0.2, 0.25) is 0 Å². The first-order valence-electron chi connectivity index (χ1n) is 5.55. The lowest BCUT2D eigenvalue weighted by molar-refractivity contribution is -0.384. The first kappa shape index (κ1) is 12.0. The summed E-state index contributed by atoms with van der Waals surface area (Å²) < 4.78 is 0. The van der Waals surface area contributed by atoms with E-state index in [1.54, 1.807) is 12.1 Å². The van der Waals surface area contributed by atoms with Crippen LogP contribution in [0.1, 0.15) is 11.3 Å². The fourth-order valence-corrected chi connectivity index (χ4v) is 1.50. The molecule has 0 aliphatic rings. The van der Waals surface area contributed by atoms with Gasteiger partial charge in [0, 0.05) is 24.0 Å². The minimum absolute atomic E-state index is 0.0917. The number of aryl methyl sites for hydroxylation is 1. The number of nitro benzene ring substituents is 1. The van der Waals surface area contributed by atoms with E-state index >= 15 is 0 Å². The van der Waals surface area contributed by atoms with Crippen molar-refractivity contribution in [2.24, 2.45) is 0 Å². The molecule has 0 unspecified atom stereocenters. The molecule has 1 N–H and O–H groups in total. The normalized spacial score (nSPS) is 10.1. The summed E-state index contributed by atoms with van der Waals surface area (Å²) in [6.07, 6.45) is 1.81. The SMILES string of the molecule is Cc1ccc(CNc2ccc([N+](=O)[O-])cc2)nc1. The third-order valence-electron chi connectivity index (χ3n) is 2.52. The van der Waals surface area contributed by atoms with Gasteiger partial charge < -0.3 is 5.32 Å². The lowest BCUT2D eigenvalue weighted by Crippen LogP contribution is -2.01. The van der Waals surface area contributed by atoms with Gasteiger partial charge in [-0.3, -0.25) is 15.1 Å². The van der Waals surface area contributed by atoms with E-state index in [2.05, 4.69) is 10.3 Å². The van der Waals surface area contributed by atoms with Crippen LogP contribution in [0.25, 0.3) is 0 Å². The molecule has 0 radical (unpaired) electrons. The van der Waals surface area contributed by atoms with Crippen LogP contribution in [0.5, 0.6) is 0 Å². The Morgan fingerprint density at radius 2 is 1.94 bits per heavy atom. The molecule has 92 valence electrons. The maximum atomic E-state index is 10.5. The number of nitro groups is 1. The van der Waals surface area contributed by atoms with Gasteiger partial charge in [0.05, 0.1) is 17.2 Å². The van der Waals surface area contributed by atoms with Gasteiger partial charge in [0.15, 0.2) is 0 Å². The van der Waals surface area contributed by atoms with Crippen molar-refractivity contribution in [2.75, 3.05) is 5.32 Å². The second-order valence-electron chi connectivity index (χ2n) is 3.98. The summed E-state index contributed by atoms with van der Waals surface area (Å²) in [5.74, 6) is 0. The molecule has 5 heteroatoms. The van der Waals surface area contributed by atoms with Gasteiger partial charge in [-0.1, -0.05) is 6.07 Å². The minimum Gasteiger partial charge on any atom is -0.379 e. The summed E-state index contributed by atoms with van der Waals surface area (Å²) in [6.45, 7) is 2.58. The molecule has 0 amide bonds. The van der Waals surface area contributed by atoms with Crippen LogP contribution >= 0.6 is 0 Å². The number of rotatable bonds is 4. The maximum absolute atomic E-state index is 10.5. The highest BCUT2D eigenvalue weighted by molar-refractivity contribution is 5.48. The summed E-state index contributed by atoms with van der Waals surface area (Å²) >= 11 is 0. The van der Waals surface area contributed by atoms with Crippen LogP contribution < -0.4 is 5.32 Å². The van der Waals surface area contributed by atoms with Gasteiger partial charge >= 0.3 is 0 Å². The number of non-ortho nitro benzene ring substituents is 1. The largest absolute Gasteiger partial charge is 0.379 e. The Bertz CT molecular complexity index is 535. The highest BCUT2D eigenvalue weighted by atomic mass is 16.6. The van der Waals surface area contributed by atoms with Gasteiger partial charge in [0.25, 0.3) is 5.69 Å². The third kappa shape index (κ3) is 3.04. The average Bonchev–Trinajstić information content (AvgIpc) is 2.38. The summed E-state index contributed by atoms with van der Waals surface area (Å²) in [5.41, 5.74) is 2.98. The molecule has 5 nitrogen and oxygen atoms in total. The molecule has 0 aliphatic heterocycles. The van der Waals surface area contributed by atoms with Crippen molar-refractivity contribution in [3.8, 4) is 0 Å². The third-order valence-corrected chi connectivity index (χ3v) is 2.52. The number of hydrogen-bond donors (Lipinski definition) is 1. The summed E-state index contributed by atoms with van der Waals surface area (Å²) in [5, 5.41) is 13.7. The van der Waals surface area contributed by atoms with E-state index in [4.69, 9.17) is 0 Å². The van der Waals surface area contributed by atoms with Crippen molar-refractivity contribution >= 4 is 11.4 Å². The van der Waals surface area contributed by atoms with Crippen LogP contribution in [0, 0.1) is 17.0 Å². The number of benzene rings is 1. The Morgan fingerprint density at radius 3 is 2.50 bits per heavy atom. The smallest absolute Gasteiger partial charge is 0.269 e. The molecule has 0 fully saturated rings. The zero-order valence-electron chi connectivity index (χ0n) is 9.96. The molecule has 0 aliphatic carbocycles. The molecule has 0 atom stereocenters. The number of aromatic nitrogens is 1. The number of pyridine rings is 1. The van der Waals surface area contributed by atoms with Crippen molar-refractivity contribution < 1.29 is 4.92 Å². The predicted molar refractivity (Wildman–Crippen MR) is 69.4 cm³/mol. The lowest BCUT2D eigenvalue weighted by Gasteiger charge is -2.05. The number of nitrogens with zero attached hydrogens (tertiary/aromatic N) is 2. The minimum atomic E-state index is -0.411. The van der Waals surface area contributed by atoms with Crippen LogP contribution in [0.3, 0.4) is 0 Å². The molecule has 0 saturated heterocycles. The van der Waals surface area contributed by atoms with E-state index in [9.17, 15) is 10.1 Å². The van der Waals surface area contributed by atoms with Gasteiger partial charge in [-0.25, -0.2) is 0 Å². The topological polar surface area (TPSA) is 68.1 Å². The second kappa shape index (κ2) is 5.27. The van der Waals surface area contributed by atoms with Crippen LogP contribution in [-0.2, 0) is 6.54 Å². The van der Waals surface area contributed by atoms with E-state index in [0.29, 0.717) is 6.54 Å². The van der Waals surface area contributed by atoms with Gasteiger partial charge in [0.2, 0.25) is 0 Å². The number of hydrogen-bond acceptors (Lipinski definition) is 4. The number of nitrogens with one attached hydrogen (secondary N) is 1. The van der Waals surface area contributed by atoms with Crippen molar-refractivity contribution in [1.82, 2.24) is 4.98 Å². The molecule has 2 rings (SSSR count). The fourth-order valence-electron chi connectivity index (χ4n) is 1.50. The van der Waals surface area contributed by atoms with E-state index in [-0.39, 0.29) is 5.69 Å². The van der Waals surface area contributed by atoms with Crippen LogP contribution in [0.4, 0.5) is 11.4 Å². The van der Waals surface area contributed by atoms with Crippen molar-refractivity contribution in [1.29, 1.82) is 0 Å². The monoisotopic (exact) mass is 243 g/mol. The van der Waals surface area contributed by atoms with E-state index in [1.807, 2.05) is 25.3 Å². The van der Waals surface area contributed by atoms with Crippen molar-refractivity contribution in [3.63, 3.8) is 0 Å². The van der Waals surface area contributed by atoms with Gasteiger partial charge in [0.1, 0.15) is 0 Å². The van der Waals surface area contributed by atoms with Gasteiger partial charge in [-0.15, -0.1) is 0 Å². The fraction of sp³-hybridized carbons (Fsp3) is 0.154. The lowest BCUT2D eigenvalue weighted by atomic mass is 10.2. The first-order chi connectivity index (χ1) is 8.65. The van der Waals surface area contributed by atoms with E-state index in [1.165, 1.54) is 12.1 Å². The molecule has 1 heterocycles. The molecule has 0 spiro atoms. The molecule has 0 bridgehead atoms. The molecule has 1 aromatic heterocycles. The second-order valence-corrected chi connectivity index (χ2v) is 3.98. The summed E-state index contributed by atoms with van der Waals surface area (Å²) in [6, 6.07) is 10.3. The van der Waals surface area contributed by atoms with Crippen LogP contribution in [0.15, 0.2) is 42.6 Å². The van der Waals surface area contributed by atoms with Crippen molar-refractivity contribution in [2.45, 2.75) is 13.5 Å². The Morgan fingerprint density at radius 1 is 1.22 bits per heavy atom. The Hall–Kier alpha value is -2.43. The first-order valence-corrected chi connectivity index (χ1v) is 5.55. The summed E-state index contributed by atoms with van der Waals surface area (Å²) in [4.78, 5) is 14.4. The van der Waals surface area contributed by atoms with Crippen molar-refractivity contribution in [3.05, 3.63) is 64.0 Å². The Balaban J connectivity index is 1.97. The van der Waals surface area contributed by atoms with Gasteiger partial charge in [-0.2, -0.15) is 0 Å². The molecule has 1 aromatic carbocycles. The average molecular weight is 243 g/mol. The molecular formula is C13H13N3O2. The number of anilines is 1.